The third-order valence-electron chi connectivity index (χ3n) is 8.56. The Hall–Kier alpha value is -3.88. The fraction of sp³-hybridized carbons (Fsp3) is 0.424. The van der Waals surface area contributed by atoms with Gasteiger partial charge in [0.15, 0.2) is 0 Å². The third kappa shape index (κ3) is 6.76. The van der Waals surface area contributed by atoms with E-state index < -0.39 is 49.9 Å². The molecule has 1 amide bonds. The first kappa shape index (κ1) is 33.0. The minimum Gasteiger partial charge on any atom is -0.390 e. The van der Waals surface area contributed by atoms with E-state index in [0.29, 0.717) is 24.1 Å². The zero-order chi connectivity index (χ0) is 33.8. The molecular formula is C33H35F5N4O4Si. The number of pyridine rings is 2. The molecule has 8 nitrogen and oxygen atoms in total. The van der Waals surface area contributed by atoms with E-state index >= 15 is 0 Å². The Morgan fingerprint density at radius 3 is 2.45 bits per heavy atom. The van der Waals surface area contributed by atoms with Crippen molar-refractivity contribution in [2.24, 2.45) is 0 Å². The minimum absolute atomic E-state index is 0.0119. The van der Waals surface area contributed by atoms with Crippen LogP contribution in [0.25, 0.3) is 27.8 Å². The lowest BCUT2D eigenvalue weighted by molar-refractivity contribution is -0.136. The summed E-state index contributed by atoms with van der Waals surface area (Å²) in [5, 5.41) is 9.69. The van der Waals surface area contributed by atoms with Crippen molar-refractivity contribution in [2.75, 3.05) is 19.7 Å². The Labute approximate surface area is 268 Å². The van der Waals surface area contributed by atoms with Crippen LogP contribution in [0, 0.1) is 5.82 Å². The van der Waals surface area contributed by atoms with Gasteiger partial charge in [-0.1, -0.05) is 25.7 Å². The lowest BCUT2D eigenvalue weighted by Crippen LogP contribution is -2.51. The van der Waals surface area contributed by atoms with Crippen LogP contribution < -0.4 is 5.56 Å². The average molecular weight is 675 g/mol. The molecule has 14 heteroatoms. The Morgan fingerprint density at radius 1 is 1.11 bits per heavy atom. The fourth-order valence-electron chi connectivity index (χ4n) is 5.73. The largest absolute Gasteiger partial charge is 0.418 e. The summed E-state index contributed by atoms with van der Waals surface area (Å²) in [6.07, 6.45) is -3.80. The molecule has 0 spiro atoms. The van der Waals surface area contributed by atoms with Gasteiger partial charge in [0.25, 0.3) is 11.5 Å². The van der Waals surface area contributed by atoms with Gasteiger partial charge in [0, 0.05) is 43.6 Å². The smallest absolute Gasteiger partial charge is 0.390 e. The number of likely N-dealkylation sites (tertiary alicyclic amines) is 1. The van der Waals surface area contributed by atoms with Crippen molar-refractivity contribution in [3.63, 3.8) is 0 Å². The van der Waals surface area contributed by atoms with Crippen LogP contribution in [0.2, 0.25) is 25.7 Å². The minimum atomic E-state index is -4.87. The molecule has 1 saturated heterocycles. The quantitative estimate of drug-likeness (QED) is 0.118. The van der Waals surface area contributed by atoms with Crippen LogP contribution >= 0.6 is 0 Å². The van der Waals surface area contributed by atoms with Crippen LogP contribution in [0.1, 0.15) is 46.1 Å². The SMILES string of the molecule is C[Si](C)(C)CCOCn1c(CO)cc2c(C(F)(F)F)cn(-c3cc(-c4ccc(F)cc4C(=O)N4CC(F)C4)cc(C4CC4)n3)c(=O)c21. The normalized spacial score (nSPS) is 15.8. The number of hydrogen-bond acceptors (Lipinski definition) is 5. The molecule has 0 unspecified atom stereocenters. The Morgan fingerprint density at radius 2 is 1.83 bits per heavy atom. The lowest BCUT2D eigenvalue weighted by Gasteiger charge is -2.34. The van der Waals surface area contributed by atoms with E-state index in [1.165, 1.54) is 21.6 Å². The monoisotopic (exact) mass is 674 g/mol. The summed E-state index contributed by atoms with van der Waals surface area (Å²) in [6, 6.07) is 8.61. The second kappa shape index (κ2) is 12.3. The molecule has 6 rings (SSSR count). The Bertz CT molecular complexity index is 1910. The van der Waals surface area contributed by atoms with Gasteiger partial charge in [-0.25, -0.2) is 13.8 Å². The van der Waals surface area contributed by atoms with Gasteiger partial charge >= 0.3 is 6.18 Å². The molecule has 4 aromatic rings. The second-order valence-electron chi connectivity index (χ2n) is 13.5. The number of amides is 1. The number of aliphatic hydroxyl groups is 1. The summed E-state index contributed by atoms with van der Waals surface area (Å²) >= 11 is 0. The van der Waals surface area contributed by atoms with E-state index in [2.05, 4.69) is 24.6 Å². The van der Waals surface area contributed by atoms with E-state index in [9.17, 15) is 36.6 Å². The van der Waals surface area contributed by atoms with Gasteiger partial charge < -0.3 is 19.3 Å². The zero-order valence-electron chi connectivity index (χ0n) is 26.2. The first-order chi connectivity index (χ1) is 22.1. The Kier molecular flexibility index (Phi) is 8.64. The van der Waals surface area contributed by atoms with Crippen molar-refractivity contribution in [1.82, 2.24) is 19.0 Å². The Balaban J connectivity index is 1.52. The molecule has 1 saturated carbocycles. The van der Waals surface area contributed by atoms with Crippen molar-refractivity contribution < 1.29 is 36.6 Å². The first-order valence-electron chi connectivity index (χ1n) is 15.4. The highest BCUT2D eigenvalue weighted by atomic mass is 28.3. The number of hydrogen-bond donors (Lipinski definition) is 1. The van der Waals surface area contributed by atoms with Crippen molar-refractivity contribution in [3.05, 3.63) is 81.3 Å². The zero-order valence-corrected chi connectivity index (χ0v) is 27.2. The summed E-state index contributed by atoms with van der Waals surface area (Å²) in [7, 11) is -1.49. The topological polar surface area (TPSA) is 89.6 Å². The molecule has 47 heavy (non-hydrogen) atoms. The van der Waals surface area contributed by atoms with Crippen LogP contribution in [-0.4, -0.2) is 64.0 Å². The highest BCUT2D eigenvalue weighted by Crippen LogP contribution is 2.42. The van der Waals surface area contributed by atoms with Gasteiger partial charge in [-0.2, -0.15) is 13.2 Å². The molecule has 1 aliphatic heterocycles. The standard InChI is InChI=1S/C33H35F5N4O4Si/c1-47(2,3)9-8-46-18-42-23(17-43)13-26-27(33(36,37)38)16-41(32(45)30(26)42)29-11-20(10-28(39-29)19-4-5-19)24-7-6-21(34)12-25(24)31(44)40-14-22(35)15-40/h6-7,10-13,16,19,22,43H,4-5,8-9,14-15,17-18H2,1-3H3. The molecule has 4 heterocycles. The number of halogens is 5. The molecule has 1 aliphatic carbocycles. The van der Waals surface area contributed by atoms with Gasteiger partial charge in [-0.15, -0.1) is 0 Å². The number of benzene rings is 1. The number of carbonyl (C=O) groups excluding carboxylic acids is 1. The maximum Gasteiger partial charge on any atom is 0.418 e. The second-order valence-corrected chi connectivity index (χ2v) is 19.1. The number of carbonyl (C=O) groups is 1. The fourth-order valence-corrected chi connectivity index (χ4v) is 6.48. The van der Waals surface area contributed by atoms with E-state index in [-0.39, 0.29) is 59.3 Å². The summed E-state index contributed by atoms with van der Waals surface area (Å²) in [5.74, 6) is -1.39. The summed E-state index contributed by atoms with van der Waals surface area (Å²) in [4.78, 5) is 33.2. The highest BCUT2D eigenvalue weighted by Gasteiger charge is 2.37. The number of aromatic nitrogens is 3. The summed E-state index contributed by atoms with van der Waals surface area (Å²) in [5.41, 5.74) is -1.02. The molecular weight excluding hydrogens is 639 g/mol. The van der Waals surface area contributed by atoms with Gasteiger partial charge in [-0.05, 0) is 60.3 Å². The van der Waals surface area contributed by atoms with Gasteiger partial charge in [0.1, 0.15) is 30.1 Å². The van der Waals surface area contributed by atoms with Gasteiger partial charge in [-0.3, -0.25) is 14.2 Å². The van der Waals surface area contributed by atoms with Crippen LogP contribution in [0.4, 0.5) is 22.0 Å². The number of aliphatic hydroxyl groups excluding tert-OH is 1. The molecule has 0 atom stereocenters. The molecule has 1 N–H and O–H groups in total. The predicted octanol–water partition coefficient (Wildman–Crippen LogP) is 6.49. The molecule has 0 bridgehead atoms. The lowest BCUT2D eigenvalue weighted by atomic mass is 9.96. The summed E-state index contributed by atoms with van der Waals surface area (Å²) in [6.45, 7) is 5.68. The van der Waals surface area contributed by atoms with Crippen LogP contribution in [-0.2, 0) is 24.3 Å². The van der Waals surface area contributed by atoms with Crippen molar-refractivity contribution in [2.45, 2.75) is 70.1 Å². The molecule has 2 fully saturated rings. The first-order valence-corrected chi connectivity index (χ1v) is 19.1. The van der Waals surface area contributed by atoms with E-state index in [1.54, 1.807) is 6.07 Å². The maximum atomic E-state index is 14.6. The van der Waals surface area contributed by atoms with Gasteiger partial charge in [0.2, 0.25) is 0 Å². The highest BCUT2D eigenvalue weighted by molar-refractivity contribution is 6.76. The molecule has 2 aliphatic rings. The molecule has 250 valence electrons. The predicted molar refractivity (Wildman–Crippen MR) is 169 cm³/mol. The van der Waals surface area contributed by atoms with Crippen molar-refractivity contribution in [3.8, 4) is 16.9 Å². The third-order valence-corrected chi connectivity index (χ3v) is 10.3. The average Bonchev–Trinajstić information content (AvgIpc) is 3.77. The van der Waals surface area contributed by atoms with Crippen LogP contribution in [0.15, 0.2) is 47.4 Å². The number of rotatable bonds is 10. The maximum absolute atomic E-state index is 14.6. The van der Waals surface area contributed by atoms with Gasteiger partial charge in [0.05, 0.1) is 30.8 Å². The number of fused-ring (bicyclic) bond motifs is 1. The van der Waals surface area contributed by atoms with Crippen LogP contribution in [0.5, 0.6) is 0 Å². The molecule has 3 aromatic heterocycles. The van der Waals surface area contributed by atoms with E-state index in [0.717, 1.165) is 41.7 Å². The van der Waals surface area contributed by atoms with Crippen LogP contribution in [0.3, 0.4) is 0 Å². The van der Waals surface area contributed by atoms with Crippen molar-refractivity contribution >= 4 is 24.9 Å². The number of nitrogens with zero attached hydrogens (tertiary/aromatic N) is 4. The van der Waals surface area contributed by atoms with E-state index in [1.807, 2.05) is 0 Å². The summed E-state index contributed by atoms with van der Waals surface area (Å²) < 4.78 is 79.6. The molecule has 1 aromatic carbocycles. The number of ether oxygens (including phenoxy) is 1. The number of alkyl halides is 4. The molecule has 0 radical (unpaired) electrons. The van der Waals surface area contributed by atoms with Crippen molar-refractivity contribution in [1.29, 1.82) is 0 Å². The van der Waals surface area contributed by atoms with E-state index in [4.69, 9.17) is 4.74 Å².